The van der Waals surface area contributed by atoms with E-state index in [1.807, 2.05) is 20.8 Å². The lowest BCUT2D eigenvalue weighted by Crippen LogP contribution is -2.59. The number of carboxylic acids is 1. The molecule has 1 saturated heterocycles. The molecule has 0 aromatic carbocycles. The summed E-state index contributed by atoms with van der Waals surface area (Å²) in [6, 6.07) is 0.643. The minimum Gasteiger partial charge on any atom is -0.477 e. The van der Waals surface area contributed by atoms with Gasteiger partial charge < -0.3 is 19.5 Å². The van der Waals surface area contributed by atoms with Gasteiger partial charge >= 0.3 is 5.97 Å². The van der Waals surface area contributed by atoms with Crippen molar-refractivity contribution in [3.8, 4) is 11.8 Å². The molecule has 0 spiro atoms. The number of amides is 2. The number of anilines is 1. The van der Waals surface area contributed by atoms with Gasteiger partial charge in [-0.15, -0.1) is 11.3 Å². The zero-order chi connectivity index (χ0) is 27.3. The number of methoxy groups -OCH3 is 1. The number of thiophene rings is 1. The predicted octanol–water partition coefficient (Wildman–Crippen LogP) is 4.27. The number of ether oxygens (including phenoxy) is 2. The molecule has 8 nitrogen and oxygen atoms in total. The zero-order valence-corrected chi connectivity index (χ0v) is 23.7. The molecule has 1 N–H and O–H groups in total. The average molecular weight is 533 g/mol. The molecule has 2 atom stereocenters. The van der Waals surface area contributed by atoms with Crippen LogP contribution in [0.4, 0.5) is 5.69 Å². The van der Waals surface area contributed by atoms with Crippen molar-refractivity contribution in [2.45, 2.75) is 72.4 Å². The Morgan fingerprint density at radius 3 is 2.35 bits per heavy atom. The van der Waals surface area contributed by atoms with Gasteiger partial charge in [-0.05, 0) is 65.4 Å². The molecule has 2 heterocycles. The number of rotatable bonds is 7. The Balaban J connectivity index is 2.14. The second kappa shape index (κ2) is 12.4. The summed E-state index contributed by atoms with van der Waals surface area (Å²) in [6.45, 7) is 11.5. The van der Waals surface area contributed by atoms with Gasteiger partial charge in [0.2, 0.25) is 11.8 Å². The fourth-order valence-electron chi connectivity index (χ4n) is 4.75. The maximum absolute atomic E-state index is 14.2. The van der Waals surface area contributed by atoms with Crippen molar-refractivity contribution < 1.29 is 29.0 Å². The zero-order valence-electron chi connectivity index (χ0n) is 22.8. The van der Waals surface area contributed by atoms with E-state index in [4.69, 9.17) is 9.47 Å². The number of nitrogens with zero attached hydrogens (tertiary/aromatic N) is 2. The van der Waals surface area contributed by atoms with Crippen molar-refractivity contribution in [3.63, 3.8) is 0 Å². The fraction of sp³-hybridized carbons (Fsp3) is 0.679. The summed E-state index contributed by atoms with van der Waals surface area (Å²) in [5.74, 6) is 4.83. The Kier molecular flexibility index (Phi) is 9.79. The smallest absolute Gasteiger partial charge is 0.348 e. The van der Waals surface area contributed by atoms with E-state index in [1.165, 1.54) is 12.0 Å². The number of carboxylic acid groups (broad SMARTS) is 1. The largest absolute Gasteiger partial charge is 0.477 e. The topological polar surface area (TPSA) is 96.4 Å². The molecule has 1 aliphatic heterocycles. The van der Waals surface area contributed by atoms with Gasteiger partial charge in [0.1, 0.15) is 10.9 Å². The minimum atomic E-state index is -1.15. The number of hydrogen-bond acceptors (Lipinski definition) is 6. The number of carbonyl (C=O) groups excluding carboxylic acids is 2. The molecule has 1 aromatic rings. The summed E-state index contributed by atoms with van der Waals surface area (Å²) in [4.78, 5) is 44.2. The number of carbonyl (C=O) groups is 3. The van der Waals surface area contributed by atoms with E-state index in [-0.39, 0.29) is 33.7 Å². The molecule has 1 aromatic heterocycles. The highest BCUT2D eigenvalue weighted by Crippen LogP contribution is 2.37. The van der Waals surface area contributed by atoms with Crippen molar-refractivity contribution in [2.24, 2.45) is 17.3 Å². The molecule has 3 rings (SSSR count). The minimum absolute atomic E-state index is 0.00110. The second-order valence-corrected chi connectivity index (χ2v) is 12.2. The monoisotopic (exact) mass is 532 g/mol. The van der Waals surface area contributed by atoms with E-state index in [0.717, 1.165) is 24.2 Å². The number of morpholine rings is 1. The lowest BCUT2D eigenvalue weighted by molar-refractivity contribution is -0.142. The Labute approximate surface area is 224 Å². The Bertz CT molecular complexity index is 1040. The molecular formula is C28H40N2O6S. The maximum Gasteiger partial charge on any atom is 0.348 e. The van der Waals surface area contributed by atoms with Crippen molar-refractivity contribution in [3.05, 3.63) is 15.8 Å². The van der Waals surface area contributed by atoms with Crippen LogP contribution in [0.25, 0.3) is 0 Å². The highest BCUT2D eigenvalue weighted by molar-refractivity contribution is 7.15. The third-order valence-corrected chi connectivity index (χ3v) is 8.03. The molecule has 9 heteroatoms. The van der Waals surface area contributed by atoms with Gasteiger partial charge in [-0.3, -0.25) is 14.5 Å². The molecule has 0 radical (unpaired) electrons. The van der Waals surface area contributed by atoms with E-state index >= 15 is 0 Å². The quantitative estimate of drug-likeness (QED) is 0.527. The van der Waals surface area contributed by atoms with Crippen molar-refractivity contribution in [2.75, 3.05) is 38.3 Å². The molecule has 2 fully saturated rings. The lowest BCUT2D eigenvalue weighted by atomic mass is 9.82. The van der Waals surface area contributed by atoms with E-state index < -0.39 is 18.1 Å². The molecule has 204 valence electrons. The van der Waals surface area contributed by atoms with Gasteiger partial charge in [-0.2, -0.15) is 0 Å². The summed E-state index contributed by atoms with van der Waals surface area (Å²) in [5.41, 5.74) is -0.0591. The number of aromatic carboxylic acids is 1. The molecule has 1 aliphatic carbocycles. The molecular weight excluding hydrogens is 492 g/mol. The molecule has 2 aliphatic rings. The van der Waals surface area contributed by atoms with Crippen molar-refractivity contribution in [1.29, 1.82) is 0 Å². The van der Waals surface area contributed by atoms with Gasteiger partial charge in [-0.25, -0.2) is 4.79 Å². The van der Waals surface area contributed by atoms with E-state index in [1.54, 1.807) is 17.9 Å². The standard InChI is InChI=1S/C28H40N2O6S/c1-18-7-9-20(10-8-18)25(31)30(23(19(2)35-6)26(32)29-13-15-36-16-14-29)22-17-21(11-12-28(3,4)5)37-24(22)27(33)34/h17-20,23H,7-10,13-16H2,1-6H3,(H,33,34)/t18?,19-,20?,23?/m0/s1. The van der Waals surface area contributed by atoms with E-state index in [2.05, 4.69) is 18.8 Å². The highest BCUT2D eigenvalue weighted by Gasteiger charge is 2.43. The van der Waals surface area contributed by atoms with Gasteiger partial charge in [-0.1, -0.05) is 18.8 Å². The van der Waals surface area contributed by atoms with Crippen LogP contribution in [0.3, 0.4) is 0 Å². The van der Waals surface area contributed by atoms with Gasteiger partial charge in [0, 0.05) is 31.5 Å². The summed E-state index contributed by atoms with van der Waals surface area (Å²) >= 11 is 1.03. The highest BCUT2D eigenvalue weighted by atomic mass is 32.1. The summed E-state index contributed by atoms with van der Waals surface area (Å²) in [5, 5.41) is 10.1. The summed E-state index contributed by atoms with van der Waals surface area (Å²) in [7, 11) is 1.50. The van der Waals surface area contributed by atoms with E-state index in [9.17, 15) is 19.5 Å². The van der Waals surface area contributed by atoms with Crippen LogP contribution in [0.5, 0.6) is 0 Å². The first-order valence-corrected chi connectivity index (χ1v) is 13.9. The van der Waals surface area contributed by atoms with Crippen LogP contribution >= 0.6 is 11.3 Å². The van der Waals surface area contributed by atoms with Crippen LogP contribution in [0.15, 0.2) is 6.07 Å². The van der Waals surface area contributed by atoms with Crippen LogP contribution in [-0.4, -0.2) is 73.3 Å². The first-order chi connectivity index (χ1) is 17.4. The van der Waals surface area contributed by atoms with Crippen LogP contribution in [0.2, 0.25) is 0 Å². The Morgan fingerprint density at radius 2 is 1.81 bits per heavy atom. The van der Waals surface area contributed by atoms with Crippen LogP contribution in [0.1, 0.15) is 74.9 Å². The lowest BCUT2D eigenvalue weighted by Gasteiger charge is -2.40. The van der Waals surface area contributed by atoms with Crippen LogP contribution in [0, 0.1) is 29.1 Å². The predicted molar refractivity (Wildman–Crippen MR) is 144 cm³/mol. The third-order valence-electron chi connectivity index (χ3n) is 7.00. The molecule has 2 amide bonds. The molecule has 37 heavy (non-hydrogen) atoms. The van der Waals surface area contributed by atoms with Crippen LogP contribution in [-0.2, 0) is 19.1 Å². The first-order valence-electron chi connectivity index (χ1n) is 13.1. The normalized spacial score (nSPS) is 21.9. The van der Waals surface area contributed by atoms with Gasteiger partial charge in [0.05, 0.1) is 29.9 Å². The average Bonchev–Trinajstić information content (AvgIpc) is 3.29. The fourth-order valence-corrected chi connectivity index (χ4v) is 5.60. The Hall–Kier alpha value is -2.41. The molecule has 1 unspecified atom stereocenters. The summed E-state index contributed by atoms with van der Waals surface area (Å²) in [6.07, 6.45) is 2.60. The molecule has 1 saturated carbocycles. The number of hydrogen-bond donors (Lipinski definition) is 1. The Morgan fingerprint density at radius 1 is 1.19 bits per heavy atom. The van der Waals surface area contributed by atoms with Gasteiger partial charge in [0.25, 0.3) is 0 Å². The van der Waals surface area contributed by atoms with Crippen LogP contribution < -0.4 is 4.90 Å². The summed E-state index contributed by atoms with van der Waals surface area (Å²) < 4.78 is 11.1. The van der Waals surface area contributed by atoms with Gasteiger partial charge in [0.15, 0.2) is 0 Å². The molecule has 0 bridgehead atoms. The SMILES string of the molecule is CO[C@@H](C)C(C(=O)N1CCOCC1)N(C(=O)C1CCC(C)CC1)c1cc(C#CC(C)(C)C)sc1C(=O)O. The van der Waals surface area contributed by atoms with E-state index in [0.29, 0.717) is 49.9 Å². The van der Waals surface area contributed by atoms with Crippen molar-refractivity contribution >= 4 is 34.8 Å². The third kappa shape index (κ3) is 7.34. The second-order valence-electron chi connectivity index (χ2n) is 11.1. The van der Waals surface area contributed by atoms with Crippen molar-refractivity contribution in [1.82, 2.24) is 4.90 Å². The first kappa shape index (κ1) is 29.2. The maximum atomic E-state index is 14.2.